The Balaban J connectivity index is 1.89. The van der Waals surface area contributed by atoms with E-state index in [0.29, 0.717) is 12.2 Å². The van der Waals surface area contributed by atoms with Crippen molar-refractivity contribution in [2.45, 2.75) is 45.6 Å². The van der Waals surface area contributed by atoms with E-state index in [9.17, 15) is 9.59 Å². The molecule has 0 spiro atoms. The van der Waals surface area contributed by atoms with Crippen LogP contribution in [-0.2, 0) is 9.53 Å². The number of hydrogen-bond donors (Lipinski definition) is 1. The average Bonchev–Trinajstić information content (AvgIpc) is 2.55. The van der Waals surface area contributed by atoms with Crippen molar-refractivity contribution < 1.29 is 19.1 Å². The van der Waals surface area contributed by atoms with E-state index in [2.05, 4.69) is 5.32 Å². The number of rotatable bonds is 6. The minimum atomic E-state index is -0.0864. The lowest BCUT2D eigenvalue weighted by molar-refractivity contribution is -0.122. The fraction of sp³-hybridized carbons (Fsp3) is 0.556. The number of amides is 1. The Morgan fingerprint density at radius 3 is 2.70 bits per heavy atom. The molecule has 126 valence electrons. The van der Waals surface area contributed by atoms with Crippen molar-refractivity contribution in [3.05, 3.63) is 28.8 Å². The summed E-state index contributed by atoms with van der Waals surface area (Å²) in [6.45, 7) is 5.12. The summed E-state index contributed by atoms with van der Waals surface area (Å²) in [6.07, 6.45) is 2.33. The van der Waals surface area contributed by atoms with Crippen LogP contribution >= 0.6 is 0 Å². The summed E-state index contributed by atoms with van der Waals surface area (Å²) < 4.78 is 10.6. The number of Topliss-reactive ketones (excluding diaryl/α,β-unsaturated/α-hetero) is 1. The summed E-state index contributed by atoms with van der Waals surface area (Å²) in [5, 5.41) is 2.93. The summed E-state index contributed by atoms with van der Waals surface area (Å²) >= 11 is 0. The highest BCUT2D eigenvalue weighted by molar-refractivity contribution is 5.99. The van der Waals surface area contributed by atoms with Crippen molar-refractivity contribution in [3.63, 3.8) is 0 Å². The third-order valence-corrected chi connectivity index (χ3v) is 4.15. The van der Waals surface area contributed by atoms with Crippen LogP contribution in [0, 0.1) is 13.8 Å². The van der Waals surface area contributed by atoms with Crippen molar-refractivity contribution in [1.82, 2.24) is 5.32 Å². The Bertz CT molecular complexity index is 577. The SMILES string of the molecule is COc1cc(C)c(C(=O)CCC(=O)NC2CCCOC2)cc1C. The molecule has 1 aliphatic heterocycles. The second-order valence-corrected chi connectivity index (χ2v) is 6.04. The second-order valence-electron chi connectivity index (χ2n) is 6.04. The molecule has 1 amide bonds. The zero-order valence-corrected chi connectivity index (χ0v) is 14.1. The fourth-order valence-corrected chi connectivity index (χ4v) is 2.83. The first-order chi connectivity index (χ1) is 11.0. The molecule has 0 radical (unpaired) electrons. The third-order valence-electron chi connectivity index (χ3n) is 4.15. The number of ether oxygens (including phenoxy) is 2. The van der Waals surface area contributed by atoms with Gasteiger partial charge in [0.15, 0.2) is 5.78 Å². The second kappa shape index (κ2) is 8.11. The van der Waals surface area contributed by atoms with E-state index < -0.39 is 0 Å². The average molecular weight is 319 g/mol. The van der Waals surface area contributed by atoms with Gasteiger partial charge in [0.05, 0.1) is 19.8 Å². The number of nitrogens with one attached hydrogen (secondary N) is 1. The van der Waals surface area contributed by atoms with E-state index in [0.717, 1.165) is 36.3 Å². The quantitative estimate of drug-likeness (QED) is 0.819. The standard InChI is InChI=1S/C18H25NO4/c1-12-10-17(22-3)13(2)9-15(12)16(20)6-7-18(21)19-14-5-4-8-23-11-14/h9-10,14H,4-8,11H2,1-3H3,(H,19,21). The molecular weight excluding hydrogens is 294 g/mol. The molecule has 2 rings (SSSR count). The molecule has 1 saturated heterocycles. The van der Waals surface area contributed by atoms with Crippen LogP contribution < -0.4 is 10.1 Å². The van der Waals surface area contributed by atoms with Gasteiger partial charge in [-0.15, -0.1) is 0 Å². The molecule has 1 unspecified atom stereocenters. The van der Waals surface area contributed by atoms with Gasteiger partial charge < -0.3 is 14.8 Å². The number of ketones is 1. The first-order valence-corrected chi connectivity index (χ1v) is 8.06. The van der Waals surface area contributed by atoms with Gasteiger partial charge in [-0.05, 0) is 49.9 Å². The molecule has 5 nitrogen and oxygen atoms in total. The zero-order valence-electron chi connectivity index (χ0n) is 14.1. The Kier molecular flexibility index (Phi) is 6.16. The summed E-state index contributed by atoms with van der Waals surface area (Å²) in [7, 11) is 1.61. The normalized spacial score (nSPS) is 17.6. The lowest BCUT2D eigenvalue weighted by Gasteiger charge is -2.23. The van der Waals surface area contributed by atoms with Gasteiger partial charge in [-0.1, -0.05) is 0 Å². The molecule has 1 aromatic rings. The molecule has 0 saturated carbocycles. The first kappa shape index (κ1) is 17.5. The van der Waals surface area contributed by atoms with E-state index in [-0.39, 0.29) is 30.6 Å². The van der Waals surface area contributed by atoms with Gasteiger partial charge in [0, 0.05) is 25.0 Å². The van der Waals surface area contributed by atoms with Gasteiger partial charge in [0.2, 0.25) is 5.91 Å². The highest BCUT2D eigenvalue weighted by Crippen LogP contribution is 2.23. The van der Waals surface area contributed by atoms with Crippen LogP contribution in [0.1, 0.15) is 47.2 Å². The largest absolute Gasteiger partial charge is 0.496 e. The Labute approximate surface area is 137 Å². The van der Waals surface area contributed by atoms with Crippen molar-refractivity contribution in [2.24, 2.45) is 0 Å². The number of carbonyl (C=O) groups is 2. The predicted octanol–water partition coefficient (Wildman–Crippen LogP) is 2.57. The van der Waals surface area contributed by atoms with Gasteiger partial charge in [-0.3, -0.25) is 9.59 Å². The Morgan fingerprint density at radius 1 is 1.26 bits per heavy atom. The summed E-state index contributed by atoms with van der Waals surface area (Å²) in [5.41, 5.74) is 2.46. The third kappa shape index (κ3) is 4.79. The van der Waals surface area contributed by atoms with Gasteiger partial charge in [-0.25, -0.2) is 0 Å². The van der Waals surface area contributed by atoms with Gasteiger partial charge in [-0.2, -0.15) is 0 Å². The molecule has 5 heteroatoms. The van der Waals surface area contributed by atoms with Crippen molar-refractivity contribution in [1.29, 1.82) is 0 Å². The predicted molar refractivity (Wildman–Crippen MR) is 88.0 cm³/mol. The molecule has 1 aliphatic rings. The summed E-state index contributed by atoms with van der Waals surface area (Å²) in [6, 6.07) is 3.78. The topological polar surface area (TPSA) is 64.6 Å². The number of hydrogen-bond acceptors (Lipinski definition) is 4. The molecule has 1 atom stereocenters. The van der Waals surface area contributed by atoms with Gasteiger partial charge in [0.25, 0.3) is 0 Å². The molecule has 1 heterocycles. The summed E-state index contributed by atoms with van der Waals surface area (Å²) in [4.78, 5) is 24.3. The van der Waals surface area contributed by atoms with Gasteiger partial charge in [0.1, 0.15) is 5.75 Å². The highest BCUT2D eigenvalue weighted by atomic mass is 16.5. The Hall–Kier alpha value is -1.88. The van der Waals surface area contributed by atoms with Gasteiger partial charge >= 0.3 is 0 Å². The Morgan fingerprint density at radius 2 is 2.04 bits per heavy atom. The summed E-state index contributed by atoms with van der Waals surface area (Å²) in [5.74, 6) is 0.675. The molecule has 0 aliphatic carbocycles. The van der Waals surface area contributed by atoms with Crippen LogP contribution in [0.15, 0.2) is 12.1 Å². The monoisotopic (exact) mass is 319 g/mol. The molecule has 1 N–H and O–H groups in total. The highest BCUT2D eigenvalue weighted by Gasteiger charge is 2.18. The molecule has 1 aromatic carbocycles. The first-order valence-electron chi connectivity index (χ1n) is 8.06. The van der Waals surface area contributed by atoms with E-state index in [1.165, 1.54) is 0 Å². The van der Waals surface area contributed by atoms with E-state index >= 15 is 0 Å². The molecule has 0 bridgehead atoms. The van der Waals surface area contributed by atoms with Crippen LogP contribution in [0.25, 0.3) is 0 Å². The lowest BCUT2D eigenvalue weighted by atomic mass is 9.98. The van der Waals surface area contributed by atoms with Crippen molar-refractivity contribution in [2.75, 3.05) is 20.3 Å². The van der Waals surface area contributed by atoms with E-state index in [1.54, 1.807) is 7.11 Å². The van der Waals surface area contributed by atoms with E-state index in [1.807, 2.05) is 26.0 Å². The zero-order chi connectivity index (χ0) is 16.8. The lowest BCUT2D eigenvalue weighted by Crippen LogP contribution is -2.40. The van der Waals surface area contributed by atoms with Crippen LogP contribution in [0.2, 0.25) is 0 Å². The fourth-order valence-electron chi connectivity index (χ4n) is 2.83. The number of methoxy groups -OCH3 is 1. The van der Waals surface area contributed by atoms with E-state index in [4.69, 9.17) is 9.47 Å². The number of carbonyl (C=O) groups excluding carboxylic acids is 2. The molecule has 1 fully saturated rings. The van der Waals surface area contributed by atoms with Crippen molar-refractivity contribution in [3.8, 4) is 5.75 Å². The number of benzene rings is 1. The van der Waals surface area contributed by atoms with Crippen molar-refractivity contribution >= 4 is 11.7 Å². The minimum absolute atomic E-state index is 0.0108. The maximum Gasteiger partial charge on any atom is 0.220 e. The van der Waals surface area contributed by atoms with Crippen LogP contribution in [0.4, 0.5) is 0 Å². The van der Waals surface area contributed by atoms with Crippen LogP contribution in [-0.4, -0.2) is 38.1 Å². The maximum atomic E-state index is 12.4. The number of aryl methyl sites for hydroxylation is 2. The smallest absolute Gasteiger partial charge is 0.220 e. The molecule has 23 heavy (non-hydrogen) atoms. The molecular formula is C18H25NO4. The maximum absolute atomic E-state index is 12.4. The van der Waals surface area contributed by atoms with Crippen LogP contribution in [0.5, 0.6) is 5.75 Å². The minimum Gasteiger partial charge on any atom is -0.496 e. The molecule has 0 aromatic heterocycles. The van der Waals surface area contributed by atoms with Crippen LogP contribution in [0.3, 0.4) is 0 Å².